The molecule has 1 aromatic heterocycles. The number of amides is 2. The average molecular weight is 544 g/mol. The molecule has 39 heavy (non-hydrogen) atoms. The van der Waals surface area contributed by atoms with Crippen LogP contribution in [0.5, 0.6) is 5.75 Å². The lowest BCUT2D eigenvalue weighted by molar-refractivity contribution is -0.274. The van der Waals surface area contributed by atoms with E-state index < -0.39 is 23.8 Å². The molecule has 206 valence electrons. The fraction of sp³-hybridized carbons (Fsp3) is 0.321. The van der Waals surface area contributed by atoms with Crippen LogP contribution in [0.2, 0.25) is 0 Å². The maximum Gasteiger partial charge on any atom is 0.573 e. The average Bonchev–Trinajstić information content (AvgIpc) is 3.25. The number of ether oxygens (including phenoxy) is 2. The lowest BCUT2D eigenvalue weighted by atomic mass is 10.00. The number of nitrogens with zero attached hydrogens (tertiary/aromatic N) is 1. The van der Waals surface area contributed by atoms with E-state index in [1.54, 1.807) is 57.2 Å². The first-order chi connectivity index (χ1) is 18.3. The molecule has 2 heterocycles. The molecule has 2 amide bonds. The summed E-state index contributed by atoms with van der Waals surface area (Å²) in [5.74, 6) is -0.736. The number of hydrogen-bond acceptors (Lipinski definition) is 5. The van der Waals surface area contributed by atoms with Crippen LogP contribution in [-0.4, -0.2) is 47.9 Å². The Balaban J connectivity index is 1.76. The smallest absolute Gasteiger partial charge is 0.444 e. The number of benzene rings is 2. The third-order valence-electron chi connectivity index (χ3n) is 5.98. The molecule has 0 saturated heterocycles. The molecule has 0 fully saturated rings. The minimum absolute atomic E-state index is 0.251. The number of alkyl halides is 3. The number of halogens is 3. The summed E-state index contributed by atoms with van der Waals surface area (Å²) in [6.45, 7) is 5.79. The van der Waals surface area contributed by atoms with E-state index in [-0.39, 0.29) is 25.0 Å². The van der Waals surface area contributed by atoms with Crippen molar-refractivity contribution in [3.8, 4) is 28.1 Å². The number of carbonyl (C=O) groups excluding carboxylic acids is 3. The number of rotatable bonds is 7. The zero-order chi connectivity index (χ0) is 28.4. The molecule has 0 spiro atoms. The Kier molecular flexibility index (Phi) is 7.71. The van der Waals surface area contributed by atoms with Gasteiger partial charge in [-0.25, -0.2) is 4.79 Å². The van der Waals surface area contributed by atoms with Crippen molar-refractivity contribution in [3.63, 3.8) is 0 Å². The summed E-state index contributed by atoms with van der Waals surface area (Å²) < 4.78 is 49.9. The van der Waals surface area contributed by atoms with Crippen molar-refractivity contribution in [1.29, 1.82) is 0 Å². The minimum Gasteiger partial charge on any atom is -0.444 e. The molecule has 0 radical (unpaired) electrons. The Hall–Kier alpha value is -4.28. The number of fused-ring (bicyclic) bond motifs is 1. The molecule has 1 aliphatic heterocycles. The molecule has 3 aromatic rings. The van der Waals surface area contributed by atoms with Crippen LogP contribution in [0.25, 0.3) is 22.4 Å². The normalized spacial score (nSPS) is 15.2. The number of carbonyl (C=O) groups is 3. The molecule has 1 unspecified atom stereocenters. The van der Waals surface area contributed by atoms with Crippen molar-refractivity contribution in [2.75, 3.05) is 13.1 Å². The minimum atomic E-state index is -4.86. The first-order valence-electron chi connectivity index (χ1n) is 12.3. The Labute approximate surface area is 223 Å². The zero-order valence-corrected chi connectivity index (χ0v) is 21.6. The van der Waals surface area contributed by atoms with Gasteiger partial charge in [0.25, 0.3) is 5.91 Å². The van der Waals surface area contributed by atoms with Gasteiger partial charge >= 0.3 is 12.5 Å². The fourth-order valence-corrected chi connectivity index (χ4v) is 4.45. The Morgan fingerprint density at radius 2 is 1.82 bits per heavy atom. The highest BCUT2D eigenvalue weighted by molar-refractivity contribution is 5.99. The molecule has 1 aliphatic rings. The van der Waals surface area contributed by atoms with Crippen molar-refractivity contribution in [2.24, 2.45) is 0 Å². The summed E-state index contributed by atoms with van der Waals surface area (Å²) in [6, 6.07) is 13.5. The van der Waals surface area contributed by atoms with E-state index in [9.17, 15) is 27.6 Å². The second-order valence-electron chi connectivity index (χ2n) is 10.1. The summed E-state index contributed by atoms with van der Waals surface area (Å²) in [6.07, 6.45) is -4.30. The molecule has 2 aromatic carbocycles. The zero-order valence-electron chi connectivity index (χ0n) is 21.6. The fourth-order valence-electron chi connectivity index (χ4n) is 4.45. The van der Waals surface area contributed by atoms with Crippen LogP contribution >= 0.6 is 0 Å². The highest BCUT2D eigenvalue weighted by Crippen LogP contribution is 2.40. The largest absolute Gasteiger partial charge is 0.573 e. The maximum absolute atomic E-state index is 12.9. The van der Waals surface area contributed by atoms with Gasteiger partial charge in [0.15, 0.2) is 0 Å². The van der Waals surface area contributed by atoms with Gasteiger partial charge < -0.3 is 24.7 Å². The molecule has 0 aliphatic carbocycles. The Morgan fingerprint density at radius 3 is 2.46 bits per heavy atom. The molecular formula is C28H28F3N3O5. The van der Waals surface area contributed by atoms with Crippen molar-refractivity contribution in [1.82, 2.24) is 15.2 Å². The summed E-state index contributed by atoms with van der Waals surface area (Å²) in [4.78, 5) is 36.3. The highest BCUT2D eigenvalue weighted by Gasteiger charge is 2.33. The van der Waals surface area contributed by atoms with Crippen molar-refractivity contribution in [3.05, 3.63) is 65.9 Å². The van der Waals surface area contributed by atoms with E-state index in [0.717, 1.165) is 0 Å². The lowest BCUT2D eigenvalue weighted by Crippen LogP contribution is -2.41. The molecule has 11 heteroatoms. The predicted molar refractivity (Wildman–Crippen MR) is 138 cm³/mol. The molecule has 0 saturated carbocycles. The summed E-state index contributed by atoms with van der Waals surface area (Å²) in [5.41, 5.74) is 2.27. The maximum atomic E-state index is 12.9. The summed E-state index contributed by atoms with van der Waals surface area (Å²) >= 11 is 0. The van der Waals surface area contributed by atoms with E-state index in [0.29, 0.717) is 46.3 Å². The van der Waals surface area contributed by atoms with Gasteiger partial charge in [-0.1, -0.05) is 36.4 Å². The van der Waals surface area contributed by atoms with Gasteiger partial charge in [0, 0.05) is 24.2 Å². The van der Waals surface area contributed by atoms with Crippen molar-refractivity contribution in [2.45, 2.75) is 45.2 Å². The van der Waals surface area contributed by atoms with Gasteiger partial charge in [-0.15, -0.1) is 13.2 Å². The van der Waals surface area contributed by atoms with Gasteiger partial charge in [0.1, 0.15) is 23.3 Å². The van der Waals surface area contributed by atoms with Gasteiger partial charge in [0.05, 0.1) is 11.7 Å². The van der Waals surface area contributed by atoms with Crippen LogP contribution in [-0.2, 0) is 4.74 Å². The van der Waals surface area contributed by atoms with Crippen LogP contribution in [0.4, 0.5) is 18.0 Å². The number of hydrogen-bond donors (Lipinski definition) is 2. The second kappa shape index (κ2) is 10.8. The monoisotopic (exact) mass is 543 g/mol. The SMILES string of the molecule is CC(C)(C)OC(=O)NCCC1CNC(=O)c2cc(-c3cccc(OC(F)(F)F)c3)c(-c3ccc(C=O)cc3)n21. The molecule has 0 bridgehead atoms. The van der Waals surface area contributed by atoms with E-state index in [2.05, 4.69) is 15.4 Å². The van der Waals surface area contributed by atoms with Gasteiger partial charge in [-0.3, -0.25) is 9.59 Å². The quantitative estimate of drug-likeness (QED) is 0.371. The number of aldehydes is 1. The van der Waals surface area contributed by atoms with Crippen LogP contribution in [0.15, 0.2) is 54.6 Å². The molecule has 2 N–H and O–H groups in total. The van der Waals surface area contributed by atoms with Crippen LogP contribution in [0.3, 0.4) is 0 Å². The van der Waals surface area contributed by atoms with Crippen molar-refractivity contribution >= 4 is 18.3 Å². The number of nitrogens with one attached hydrogen (secondary N) is 2. The van der Waals surface area contributed by atoms with E-state index in [1.807, 2.05) is 4.57 Å². The van der Waals surface area contributed by atoms with Gasteiger partial charge in [-0.2, -0.15) is 0 Å². The number of aromatic nitrogens is 1. The number of alkyl carbamates (subject to hydrolysis) is 1. The third kappa shape index (κ3) is 6.78. The van der Waals surface area contributed by atoms with Gasteiger partial charge in [-0.05, 0) is 56.5 Å². The van der Waals surface area contributed by atoms with Gasteiger partial charge in [0.2, 0.25) is 0 Å². The molecule has 1 atom stereocenters. The van der Waals surface area contributed by atoms with Crippen molar-refractivity contribution < 1.29 is 37.0 Å². The predicted octanol–water partition coefficient (Wildman–Crippen LogP) is 5.73. The molecule has 8 nitrogen and oxygen atoms in total. The standard InChI is InChI=1S/C28H28F3N3O5/c1-27(2,3)39-26(37)32-12-11-20-15-33-25(36)23-14-22(19-5-4-6-21(13-19)38-28(29,30)31)24(34(20)23)18-9-7-17(16-35)8-10-18/h4-10,13-14,16,20H,11-12,15H2,1-3H3,(H,32,37)(H,33,36). The van der Waals surface area contributed by atoms with E-state index in [1.165, 1.54) is 18.2 Å². The van der Waals surface area contributed by atoms with Crippen LogP contribution < -0.4 is 15.4 Å². The summed E-state index contributed by atoms with van der Waals surface area (Å²) in [7, 11) is 0. The van der Waals surface area contributed by atoms with E-state index in [4.69, 9.17) is 4.74 Å². The highest BCUT2D eigenvalue weighted by atomic mass is 19.4. The second-order valence-corrected chi connectivity index (χ2v) is 10.1. The molecular weight excluding hydrogens is 515 g/mol. The molecule has 4 rings (SSSR count). The summed E-state index contributed by atoms with van der Waals surface area (Å²) in [5, 5.41) is 5.57. The third-order valence-corrected chi connectivity index (χ3v) is 5.98. The van der Waals surface area contributed by atoms with Crippen LogP contribution in [0.1, 0.15) is 54.1 Å². The Morgan fingerprint density at radius 1 is 1.10 bits per heavy atom. The topological polar surface area (TPSA) is 98.7 Å². The first kappa shape index (κ1) is 27.7. The van der Waals surface area contributed by atoms with E-state index >= 15 is 0 Å². The first-order valence-corrected chi connectivity index (χ1v) is 12.3. The van der Waals surface area contributed by atoms with Crippen LogP contribution in [0, 0.1) is 0 Å². The Bertz CT molecular complexity index is 1370. The lowest BCUT2D eigenvalue weighted by Gasteiger charge is -2.29.